The Balaban J connectivity index is 2.48. The molecule has 0 bridgehead atoms. The summed E-state index contributed by atoms with van der Waals surface area (Å²) in [6, 6.07) is 7.15. The summed E-state index contributed by atoms with van der Waals surface area (Å²) in [6.07, 6.45) is 0. The molecule has 5 nitrogen and oxygen atoms in total. The number of aromatic nitrogens is 1. The van der Waals surface area contributed by atoms with Gasteiger partial charge in [0.25, 0.3) is 10.0 Å². The highest BCUT2D eigenvalue weighted by Gasteiger charge is 2.26. The molecule has 0 aliphatic carbocycles. The molecule has 1 heterocycles. The standard InChI is InChI=1S/C12H14N2O3S2/c1-8-4-6-10(7-5-8)14(3)19(16,17)11-9(2)13-12(15)18-11/h4-7H,1-3H3,(H,13,15). The van der Waals surface area contributed by atoms with Crippen LogP contribution in [0.5, 0.6) is 0 Å². The first kappa shape index (κ1) is 13.8. The Morgan fingerprint density at radius 1 is 1.16 bits per heavy atom. The number of nitrogens with zero attached hydrogens (tertiary/aromatic N) is 1. The van der Waals surface area contributed by atoms with Gasteiger partial charge in [-0.3, -0.25) is 9.10 Å². The summed E-state index contributed by atoms with van der Waals surface area (Å²) < 4.78 is 26.1. The second kappa shape index (κ2) is 4.82. The minimum absolute atomic E-state index is 0.0561. The summed E-state index contributed by atoms with van der Waals surface area (Å²) in [5, 5.41) is 0. The van der Waals surface area contributed by atoms with E-state index in [1.54, 1.807) is 19.1 Å². The first-order valence-electron chi connectivity index (χ1n) is 5.57. The van der Waals surface area contributed by atoms with Crippen molar-refractivity contribution in [3.05, 3.63) is 45.2 Å². The van der Waals surface area contributed by atoms with Crippen molar-refractivity contribution in [3.8, 4) is 0 Å². The van der Waals surface area contributed by atoms with Crippen molar-refractivity contribution in [3.63, 3.8) is 0 Å². The number of aromatic amines is 1. The fraction of sp³-hybridized carbons (Fsp3) is 0.250. The largest absolute Gasteiger partial charge is 0.315 e. The van der Waals surface area contributed by atoms with Crippen LogP contribution in [0.15, 0.2) is 33.3 Å². The van der Waals surface area contributed by atoms with Gasteiger partial charge in [0, 0.05) is 12.7 Å². The van der Waals surface area contributed by atoms with Crippen LogP contribution in [0.4, 0.5) is 5.69 Å². The predicted octanol–water partition coefficient (Wildman–Crippen LogP) is 1.88. The van der Waals surface area contributed by atoms with Gasteiger partial charge in [0.15, 0.2) is 4.21 Å². The normalized spacial score (nSPS) is 11.5. The smallest absolute Gasteiger partial charge is 0.306 e. The van der Waals surface area contributed by atoms with E-state index in [-0.39, 0.29) is 9.08 Å². The zero-order chi connectivity index (χ0) is 14.2. The van der Waals surface area contributed by atoms with Gasteiger partial charge in [0.1, 0.15) is 0 Å². The molecule has 0 fully saturated rings. The van der Waals surface area contributed by atoms with Gasteiger partial charge in [-0.05, 0) is 26.0 Å². The van der Waals surface area contributed by atoms with E-state index in [0.29, 0.717) is 22.7 Å². The van der Waals surface area contributed by atoms with Gasteiger partial charge in [-0.15, -0.1) is 0 Å². The molecular weight excluding hydrogens is 284 g/mol. The van der Waals surface area contributed by atoms with Crippen molar-refractivity contribution in [1.82, 2.24) is 4.98 Å². The van der Waals surface area contributed by atoms with E-state index in [1.807, 2.05) is 19.1 Å². The molecule has 0 atom stereocenters. The van der Waals surface area contributed by atoms with Crippen LogP contribution in [0.25, 0.3) is 0 Å². The summed E-state index contributed by atoms with van der Waals surface area (Å²) >= 11 is 0.707. The van der Waals surface area contributed by atoms with E-state index < -0.39 is 10.0 Å². The van der Waals surface area contributed by atoms with Gasteiger partial charge in [0.2, 0.25) is 0 Å². The number of benzene rings is 1. The fourth-order valence-corrected chi connectivity index (χ4v) is 4.30. The average molecular weight is 298 g/mol. The van der Waals surface area contributed by atoms with Crippen molar-refractivity contribution < 1.29 is 8.42 Å². The maximum absolute atomic E-state index is 12.4. The highest BCUT2D eigenvalue weighted by molar-refractivity contribution is 7.94. The lowest BCUT2D eigenvalue weighted by molar-refractivity contribution is 0.595. The second-order valence-electron chi connectivity index (χ2n) is 4.24. The van der Waals surface area contributed by atoms with E-state index in [4.69, 9.17) is 0 Å². The molecule has 0 spiro atoms. The molecule has 2 rings (SSSR count). The summed E-state index contributed by atoms with van der Waals surface area (Å²) in [4.78, 5) is 13.4. The van der Waals surface area contributed by atoms with Crippen LogP contribution in [-0.4, -0.2) is 20.4 Å². The lowest BCUT2D eigenvalue weighted by Gasteiger charge is -2.18. The number of rotatable bonds is 3. The van der Waals surface area contributed by atoms with Crippen molar-refractivity contribution in [2.75, 3.05) is 11.4 Å². The second-order valence-corrected chi connectivity index (χ2v) is 7.38. The first-order chi connectivity index (χ1) is 8.82. The quantitative estimate of drug-likeness (QED) is 0.940. The summed E-state index contributed by atoms with van der Waals surface area (Å²) in [6.45, 7) is 3.51. The number of hydrogen-bond acceptors (Lipinski definition) is 4. The molecule has 0 saturated heterocycles. The van der Waals surface area contributed by atoms with E-state index in [0.717, 1.165) is 5.56 Å². The minimum Gasteiger partial charge on any atom is -0.315 e. The SMILES string of the molecule is Cc1ccc(N(C)S(=O)(=O)c2sc(=O)[nH]c2C)cc1. The summed E-state index contributed by atoms with van der Waals surface area (Å²) in [5.41, 5.74) is 1.98. The van der Waals surface area contributed by atoms with Crippen LogP contribution in [-0.2, 0) is 10.0 Å². The topological polar surface area (TPSA) is 70.2 Å². The van der Waals surface area contributed by atoms with E-state index in [2.05, 4.69) is 4.98 Å². The van der Waals surface area contributed by atoms with Crippen LogP contribution in [0.2, 0.25) is 0 Å². The molecule has 7 heteroatoms. The zero-order valence-corrected chi connectivity index (χ0v) is 12.4. The monoisotopic (exact) mass is 298 g/mol. The Labute approximate surface area is 115 Å². The Bertz CT molecular complexity index is 742. The Morgan fingerprint density at radius 3 is 2.21 bits per heavy atom. The van der Waals surface area contributed by atoms with Gasteiger partial charge in [-0.25, -0.2) is 8.42 Å². The van der Waals surface area contributed by atoms with Gasteiger partial charge >= 0.3 is 4.87 Å². The number of H-pyrrole nitrogens is 1. The highest BCUT2D eigenvalue weighted by atomic mass is 32.2. The van der Waals surface area contributed by atoms with Crippen LogP contribution in [0.3, 0.4) is 0 Å². The number of sulfonamides is 1. The summed E-state index contributed by atoms with van der Waals surface area (Å²) in [5.74, 6) is 0. The number of thiazole rings is 1. The molecule has 0 aliphatic rings. The third-order valence-electron chi connectivity index (χ3n) is 2.77. The van der Waals surface area contributed by atoms with Crippen LogP contribution in [0, 0.1) is 13.8 Å². The molecule has 19 heavy (non-hydrogen) atoms. The number of anilines is 1. The zero-order valence-electron chi connectivity index (χ0n) is 10.8. The highest BCUT2D eigenvalue weighted by Crippen LogP contribution is 2.25. The Hall–Kier alpha value is -1.60. The van der Waals surface area contributed by atoms with Gasteiger partial charge in [-0.1, -0.05) is 29.0 Å². The van der Waals surface area contributed by atoms with Gasteiger partial charge < -0.3 is 4.98 Å². The lowest BCUT2D eigenvalue weighted by atomic mass is 10.2. The molecule has 1 aromatic carbocycles. The maximum atomic E-state index is 12.4. The van der Waals surface area contributed by atoms with Crippen LogP contribution >= 0.6 is 11.3 Å². The van der Waals surface area contributed by atoms with E-state index >= 15 is 0 Å². The lowest BCUT2D eigenvalue weighted by Crippen LogP contribution is -2.26. The first-order valence-corrected chi connectivity index (χ1v) is 7.83. The van der Waals surface area contributed by atoms with Crippen LogP contribution < -0.4 is 9.18 Å². The third kappa shape index (κ3) is 2.57. The predicted molar refractivity (Wildman–Crippen MR) is 76.4 cm³/mol. The molecule has 0 saturated carbocycles. The molecule has 0 unspecified atom stereocenters. The van der Waals surface area contributed by atoms with Crippen molar-refractivity contribution in [2.45, 2.75) is 18.1 Å². The fourth-order valence-electron chi connectivity index (χ4n) is 1.65. The molecule has 0 amide bonds. The molecular formula is C12H14N2O3S2. The average Bonchev–Trinajstić information content (AvgIpc) is 2.69. The van der Waals surface area contributed by atoms with Crippen molar-refractivity contribution in [2.24, 2.45) is 0 Å². The van der Waals surface area contributed by atoms with E-state index in [9.17, 15) is 13.2 Å². The number of hydrogen-bond donors (Lipinski definition) is 1. The molecule has 1 N–H and O–H groups in total. The number of aryl methyl sites for hydroxylation is 2. The Morgan fingerprint density at radius 2 is 1.74 bits per heavy atom. The molecule has 2 aromatic rings. The third-order valence-corrected chi connectivity index (χ3v) is 6.14. The van der Waals surface area contributed by atoms with Crippen LogP contribution in [0.1, 0.15) is 11.3 Å². The van der Waals surface area contributed by atoms with Gasteiger partial charge in [-0.2, -0.15) is 0 Å². The molecule has 1 aromatic heterocycles. The maximum Gasteiger partial charge on any atom is 0.306 e. The summed E-state index contributed by atoms with van der Waals surface area (Å²) in [7, 11) is -2.22. The molecule has 0 aliphatic heterocycles. The number of nitrogens with one attached hydrogen (secondary N) is 1. The van der Waals surface area contributed by atoms with E-state index in [1.165, 1.54) is 11.4 Å². The van der Waals surface area contributed by atoms with Gasteiger partial charge in [0.05, 0.1) is 5.69 Å². The van der Waals surface area contributed by atoms with Crippen molar-refractivity contribution >= 4 is 27.0 Å². The molecule has 102 valence electrons. The minimum atomic E-state index is -3.69. The van der Waals surface area contributed by atoms with Crippen molar-refractivity contribution in [1.29, 1.82) is 0 Å². The Kier molecular flexibility index (Phi) is 3.51. The molecule has 0 radical (unpaired) electrons.